The highest BCUT2D eigenvalue weighted by molar-refractivity contribution is 5.84. The van der Waals surface area contributed by atoms with Crippen molar-refractivity contribution in [3.05, 3.63) is 65.9 Å². The number of hydrogen-bond acceptors (Lipinski definition) is 5. The molecule has 5 nitrogen and oxygen atoms in total. The van der Waals surface area contributed by atoms with Crippen LogP contribution in [-0.2, 0) is 0 Å². The van der Waals surface area contributed by atoms with Gasteiger partial charge in [-0.25, -0.2) is 0 Å². The Balaban J connectivity index is 2.57. The third-order valence-corrected chi connectivity index (χ3v) is 3.76. The van der Waals surface area contributed by atoms with Crippen LogP contribution in [0.1, 0.15) is 18.1 Å². The van der Waals surface area contributed by atoms with E-state index in [1.54, 1.807) is 21.3 Å². The fourth-order valence-corrected chi connectivity index (χ4v) is 2.60. The number of hydrogen-bond donors (Lipinski definition) is 1. The first-order chi connectivity index (χ1) is 12.5. The lowest BCUT2D eigenvalue weighted by Gasteiger charge is -2.15. The number of benzene rings is 2. The molecule has 1 N–H and O–H groups in total. The second-order valence-electron chi connectivity index (χ2n) is 5.58. The summed E-state index contributed by atoms with van der Waals surface area (Å²) in [6.07, 6.45) is 1.51. The molecule has 0 heterocycles. The number of rotatable bonds is 7. The highest BCUT2D eigenvalue weighted by atomic mass is 16.5. The summed E-state index contributed by atoms with van der Waals surface area (Å²) in [6.45, 7) is 5.74. The van der Waals surface area contributed by atoms with Crippen LogP contribution in [0.4, 0.5) is 5.69 Å². The minimum Gasteiger partial charge on any atom is -0.495 e. The van der Waals surface area contributed by atoms with Crippen LogP contribution in [0.25, 0.3) is 5.57 Å². The third-order valence-electron chi connectivity index (χ3n) is 3.76. The Morgan fingerprint density at radius 3 is 2.08 bits per heavy atom. The van der Waals surface area contributed by atoms with Gasteiger partial charge in [0.2, 0.25) is 0 Å². The molecule has 2 aromatic rings. The third kappa shape index (κ3) is 4.17. The molecule has 0 aliphatic rings. The van der Waals surface area contributed by atoms with Crippen molar-refractivity contribution in [3.8, 4) is 23.3 Å². The van der Waals surface area contributed by atoms with Gasteiger partial charge >= 0.3 is 0 Å². The summed E-state index contributed by atoms with van der Waals surface area (Å²) in [6, 6.07) is 13.3. The van der Waals surface area contributed by atoms with Crippen LogP contribution < -0.4 is 19.5 Å². The van der Waals surface area contributed by atoms with E-state index in [0.29, 0.717) is 17.2 Å². The Labute approximate surface area is 154 Å². The number of nitrogens with zero attached hydrogens (tertiary/aromatic N) is 1. The minimum atomic E-state index is 0.600. The summed E-state index contributed by atoms with van der Waals surface area (Å²) in [5, 5.41) is 12.4. The molecule has 2 aromatic carbocycles. The number of anilines is 1. The molecular formula is C21H22N2O3. The smallest absolute Gasteiger partial charge is 0.161 e. The van der Waals surface area contributed by atoms with Crippen molar-refractivity contribution in [2.24, 2.45) is 0 Å². The largest absolute Gasteiger partial charge is 0.495 e. The molecule has 0 radical (unpaired) electrons. The van der Waals surface area contributed by atoms with Crippen molar-refractivity contribution >= 4 is 11.3 Å². The Bertz CT molecular complexity index is 879. The molecule has 0 fully saturated rings. The quantitative estimate of drug-likeness (QED) is 0.739. The van der Waals surface area contributed by atoms with Gasteiger partial charge in [0.1, 0.15) is 5.75 Å². The zero-order valence-corrected chi connectivity index (χ0v) is 15.4. The summed E-state index contributed by atoms with van der Waals surface area (Å²) in [5.74, 6) is 1.93. The van der Waals surface area contributed by atoms with E-state index in [0.717, 1.165) is 28.1 Å². The number of nitriles is 1. The molecule has 0 aromatic heterocycles. The predicted molar refractivity (Wildman–Crippen MR) is 104 cm³/mol. The normalized spacial score (nSPS) is 10.7. The Hall–Kier alpha value is -3.39. The van der Waals surface area contributed by atoms with E-state index in [1.165, 1.54) is 6.08 Å². The predicted octanol–water partition coefficient (Wildman–Crippen LogP) is 4.61. The van der Waals surface area contributed by atoms with Crippen molar-refractivity contribution in [2.45, 2.75) is 6.92 Å². The van der Waals surface area contributed by atoms with Crippen molar-refractivity contribution in [3.63, 3.8) is 0 Å². The first kappa shape index (κ1) is 18.9. The summed E-state index contributed by atoms with van der Waals surface area (Å²) in [5.41, 5.74) is 4.04. The maximum absolute atomic E-state index is 9.27. The monoisotopic (exact) mass is 350 g/mol. The van der Waals surface area contributed by atoms with Crippen LogP contribution >= 0.6 is 0 Å². The van der Waals surface area contributed by atoms with Crippen molar-refractivity contribution < 1.29 is 14.2 Å². The molecule has 134 valence electrons. The van der Waals surface area contributed by atoms with Crippen LogP contribution in [0, 0.1) is 11.3 Å². The maximum atomic E-state index is 9.27. The zero-order valence-electron chi connectivity index (χ0n) is 15.4. The van der Waals surface area contributed by atoms with Gasteiger partial charge in [0, 0.05) is 11.8 Å². The van der Waals surface area contributed by atoms with E-state index in [4.69, 9.17) is 14.2 Å². The van der Waals surface area contributed by atoms with E-state index in [9.17, 15) is 5.26 Å². The minimum absolute atomic E-state index is 0.600. The SMILES string of the molecule is C=C(C)Nc1cc(C(=CC#N)c2ccc(OC)c(OC)c2)ccc1OC. The Morgan fingerprint density at radius 1 is 0.962 bits per heavy atom. The molecule has 0 saturated carbocycles. The number of nitrogens with one attached hydrogen (secondary N) is 1. The fraction of sp³-hybridized carbons (Fsp3) is 0.190. The van der Waals surface area contributed by atoms with E-state index >= 15 is 0 Å². The molecule has 0 atom stereocenters. The van der Waals surface area contributed by atoms with Gasteiger partial charge in [0.15, 0.2) is 11.5 Å². The molecular weight excluding hydrogens is 328 g/mol. The van der Waals surface area contributed by atoms with Gasteiger partial charge in [-0.1, -0.05) is 18.7 Å². The molecule has 0 bridgehead atoms. The van der Waals surface area contributed by atoms with Gasteiger partial charge in [0.05, 0.1) is 33.1 Å². The molecule has 26 heavy (non-hydrogen) atoms. The van der Waals surface area contributed by atoms with E-state index in [-0.39, 0.29) is 0 Å². The molecule has 0 amide bonds. The summed E-state index contributed by atoms with van der Waals surface area (Å²) in [4.78, 5) is 0. The summed E-state index contributed by atoms with van der Waals surface area (Å²) >= 11 is 0. The lowest BCUT2D eigenvalue weighted by Crippen LogP contribution is -1.99. The molecule has 0 saturated heterocycles. The summed E-state index contributed by atoms with van der Waals surface area (Å²) in [7, 11) is 4.78. The van der Waals surface area contributed by atoms with Gasteiger partial charge in [-0.2, -0.15) is 5.26 Å². The second kappa shape index (κ2) is 8.63. The van der Waals surface area contributed by atoms with Gasteiger partial charge in [0.25, 0.3) is 0 Å². The van der Waals surface area contributed by atoms with E-state index in [2.05, 4.69) is 18.0 Å². The lowest BCUT2D eigenvalue weighted by molar-refractivity contribution is 0.355. The highest BCUT2D eigenvalue weighted by Crippen LogP contribution is 2.35. The zero-order chi connectivity index (χ0) is 19.1. The first-order valence-corrected chi connectivity index (χ1v) is 7.97. The molecule has 2 rings (SSSR count). The van der Waals surface area contributed by atoms with Gasteiger partial charge in [-0.3, -0.25) is 0 Å². The topological polar surface area (TPSA) is 63.5 Å². The number of ether oxygens (including phenoxy) is 3. The summed E-state index contributed by atoms with van der Waals surface area (Å²) < 4.78 is 16.0. The Kier molecular flexibility index (Phi) is 6.29. The molecule has 0 spiro atoms. The number of methoxy groups -OCH3 is 3. The van der Waals surface area contributed by atoms with E-state index in [1.807, 2.05) is 43.3 Å². The van der Waals surface area contributed by atoms with Crippen molar-refractivity contribution in [1.82, 2.24) is 0 Å². The standard InChI is InChI=1S/C21H22N2O3/c1-14(2)23-18-12-15(6-8-19(18)24-3)17(10-11-22)16-7-9-20(25-4)21(13-16)26-5/h6-10,12-13,23H,1H2,2-5H3. The lowest BCUT2D eigenvalue weighted by atomic mass is 9.96. The van der Waals surface area contributed by atoms with Crippen molar-refractivity contribution in [2.75, 3.05) is 26.6 Å². The fourth-order valence-electron chi connectivity index (χ4n) is 2.60. The average Bonchev–Trinajstić information content (AvgIpc) is 2.65. The van der Waals surface area contributed by atoms with Crippen LogP contribution in [-0.4, -0.2) is 21.3 Å². The van der Waals surface area contributed by atoms with Crippen molar-refractivity contribution in [1.29, 1.82) is 5.26 Å². The molecule has 5 heteroatoms. The van der Waals surface area contributed by atoms with Gasteiger partial charge in [-0.15, -0.1) is 0 Å². The van der Waals surface area contributed by atoms with Gasteiger partial charge < -0.3 is 19.5 Å². The van der Waals surface area contributed by atoms with Crippen LogP contribution in [0.5, 0.6) is 17.2 Å². The van der Waals surface area contributed by atoms with E-state index < -0.39 is 0 Å². The average molecular weight is 350 g/mol. The maximum Gasteiger partial charge on any atom is 0.161 e. The van der Waals surface area contributed by atoms with Crippen LogP contribution in [0.2, 0.25) is 0 Å². The Morgan fingerprint density at radius 2 is 1.54 bits per heavy atom. The van der Waals surface area contributed by atoms with Crippen LogP contribution in [0.15, 0.2) is 54.8 Å². The first-order valence-electron chi connectivity index (χ1n) is 7.97. The highest BCUT2D eigenvalue weighted by Gasteiger charge is 2.12. The molecule has 0 aliphatic carbocycles. The number of allylic oxidation sites excluding steroid dienone is 2. The second-order valence-corrected chi connectivity index (χ2v) is 5.58. The van der Waals surface area contributed by atoms with Gasteiger partial charge in [-0.05, 0) is 47.9 Å². The van der Waals surface area contributed by atoms with Crippen LogP contribution in [0.3, 0.4) is 0 Å². The molecule has 0 unspecified atom stereocenters. The molecule has 0 aliphatic heterocycles.